The van der Waals surface area contributed by atoms with E-state index in [1.165, 1.54) is 11.8 Å². The molecule has 6 heteroatoms. The van der Waals surface area contributed by atoms with Gasteiger partial charge in [-0.1, -0.05) is 24.3 Å². The van der Waals surface area contributed by atoms with E-state index in [0.717, 1.165) is 22.4 Å². The van der Waals surface area contributed by atoms with Gasteiger partial charge in [-0.2, -0.15) is 0 Å². The van der Waals surface area contributed by atoms with Crippen molar-refractivity contribution in [1.82, 2.24) is 4.90 Å². The summed E-state index contributed by atoms with van der Waals surface area (Å²) in [6.45, 7) is 9.09. The lowest BCUT2D eigenvalue weighted by atomic mass is 10.1. The quantitative estimate of drug-likeness (QED) is 0.604. The molecule has 1 aliphatic heterocycles. The Morgan fingerprint density at radius 2 is 1.83 bits per heavy atom. The summed E-state index contributed by atoms with van der Waals surface area (Å²) >= 11 is 1.40. The number of para-hydroxylation sites is 1. The molecular weight excluding hydrogens is 384 g/mol. The first-order valence-electron chi connectivity index (χ1n) is 9.65. The number of benzene rings is 2. The van der Waals surface area contributed by atoms with Gasteiger partial charge in [-0.3, -0.25) is 9.69 Å². The van der Waals surface area contributed by atoms with E-state index in [1.54, 1.807) is 12.0 Å². The van der Waals surface area contributed by atoms with Crippen LogP contribution in [0.2, 0.25) is 0 Å². The highest BCUT2D eigenvalue weighted by atomic mass is 32.2. The summed E-state index contributed by atoms with van der Waals surface area (Å²) < 4.78 is 11.0. The summed E-state index contributed by atoms with van der Waals surface area (Å²) in [5.41, 5.74) is 3.99. The van der Waals surface area contributed by atoms with Crippen LogP contribution in [0.4, 0.5) is 5.69 Å². The standard InChI is InChI=1S/C23H26N2O3S/c1-6-25-22(26)20(14-17-11-12-18(28-7-2)19(13-17)27-5)29-23(25)24-21-15(3)9-8-10-16(21)4/h8-14H,6-7H2,1-5H3/b20-14+,24-23?. The molecule has 0 unspecified atom stereocenters. The number of amides is 1. The number of hydrogen-bond acceptors (Lipinski definition) is 5. The SMILES string of the molecule is CCOc1ccc(/C=C2/SC(=Nc3c(C)cccc3C)N(CC)C2=O)cc1OC. The van der Waals surface area contributed by atoms with E-state index in [0.29, 0.717) is 34.7 Å². The number of aliphatic imine (C=N–C) groups is 1. The van der Waals surface area contributed by atoms with Crippen molar-refractivity contribution in [3.8, 4) is 11.5 Å². The largest absolute Gasteiger partial charge is 0.493 e. The first-order chi connectivity index (χ1) is 14.0. The molecule has 152 valence electrons. The Balaban J connectivity index is 1.96. The molecule has 5 nitrogen and oxygen atoms in total. The summed E-state index contributed by atoms with van der Waals surface area (Å²) in [5, 5.41) is 0.707. The van der Waals surface area contributed by atoms with Crippen molar-refractivity contribution >= 4 is 34.6 Å². The number of methoxy groups -OCH3 is 1. The predicted octanol–water partition coefficient (Wildman–Crippen LogP) is 5.33. The molecule has 1 aliphatic rings. The second kappa shape index (κ2) is 9.18. The molecule has 0 spiro atoms. The Morgan fingerprint density at radius 1 is 1.10 bits per heavy atom. The lowest BCUT2D eigenvalue weighted by Gasteiger charge is -2.13. The molecule has 0 saturated carbocycles. The third kappa shape index (κ3) is 4.48. The molecule has 2 aromatic carbocycles. The van der Waals surface area contributed by atoms with Gasteiger partial charge < -0.3 is 9.47 Å². The lowest BCUT2D eigenvalue weighted by molar-refractivity contribution is -0.122. The monoisotopic (exact) mass is 410 g/mol. The summed E-state index contributed by atoms with van der Waals surface area (Å²) in [4.78, 5) is 20.1. The van der Waals surface area contributed by atoms with Gasteiger partial charge >= 0.3 is 0 Å². The van der Waals surface area contributed by atoms with E-state index in [9.17, 15) is 4.79 Å². The average Bonchev–Trinajstić information content (AvgIpc) is 3.00. The van der Waals surface area contributed by atoms with Gasteiger partial charge in [0.25, 0.3) is 5.91 Å². The van der Waals surface area contributed by atoms with Crippen molar-refractivity contribution < 1.29 is 14.3 Å². The highest BCUT2D eigenvalue weighted by molar-refractivity contribution is 8.18. The number of thioether (sulfide) groups is 1. The number of hydrogen-bond donors (Lipinski definition) is 0. The molecule has 3 rings (SSSR count). The van der Waals surface area contributed by atoms with Crippen molar-refractivity contribution in [3.63, 3.8) is 0 Å². The molecule has 1 saturated heterocycles. The van der Waals surface area contributed by atoms with Crippen LogP contribution in [-0.4, -0.2) is 36.2 Å². The Labute approximate surface area is 176 Å². The van der Waals surface area contributed by atoms with Gasteiger partial charge in [-0.05, 0) is 74.4 Å². The van der Waals surface area contributed by atoms with E-state index < -0.39 is 0 Å². The maximum absolute atomic E-state index is 12.9. The second-order valence-electron chi connectivity index (χ2n) is 6.64. The Bertz CT molecular complexity index is 962. The van der Waals surface area contributed by atoms with Crippen molar-refractivity contribution in [2.45, 2.75) is 27.7 Å². The fourth-order valence-corrected chi connectivity index (χ4v) is 4.20. The molecule has 1 heterocycles. The molecule has 0 N–H and O–H groups in total. The average molecular weight is 411 g/mol. The summed E-state index contributed by atoms with van der Waals surface area (Å²) in [7, 11) is 1.61. The normalized spacial score (nSPS) is 16.7. The van der Waals surface area contributed by atoms with Crippen LogP contribution in [0.25, 0.3) is 6.08 Å². The number of amidine groups is 1. The molecular formula is C23H26N2O3S. The second-order valence-corrected chi connectivity index (χ2v) is 7.65. The van der Waals surface area contributed by atoms with E-state index in [4.69, 9.17) is 14.5 Å². The Morgan fingerprint density at radius 3 is 2.45 bits per heavy atom. The van der Waals surface area contributed by atoms with Gasteiger partial charge in [0, 0.05) is 6.54 Å². The lowest BCUT2D eigenvalue weighted by Crippen LogP contribution is -2.28. The highest BCUT2D eigenvalue weighted by Crippen LogP contribution is 2.36. The number of carbonyl (C=O) groups excluding carboxylic acids is 1. The van der Waals surface area contributed by atoms with Gasteiger partial charge in [0.05, 0.1) is 24.3 Å². The van der Waals surface area contributed by atoms with Crippen molar-refractivity contribution in [2.75, 3.05) is 20.3 Å². The molecule has 1 amide bonds. The Hall–Kier alpha value is -2.73. The fraction of sp³-hybridized carbons (Fsp3) is 0.304. The maximum atomic E-state index is 12.9. The first-order valence-corrected chi connectivity index (χ1v) is 10.5. The smallest absolute Gasteiger partial charge is 0.266 e. The minimum Gasteiger partial charge on any atom is -0.493 e. The van der Waals surface area contributed by atoms with Gasteiger partial charge in [0.2, 0.25) is 0 Å². The van der Waals surface area contributed by atoms with Crippen molar-refractivity contribution in [1.29, 1.82) is 0 Å². The van der Waals surface area contributed by atoms with Crippen LogP contribution in [0.3, 0.4) is 0 Å². The van der Waals surface area contributed by atoms with Gasteiger partial charge in [-0.15, -0.1) is 0 Å². The number of carbonyl (C=O) groups is 1. The van der Waals surface area contributed by atoms with Crippen LogP contribution >= 0.6 is 11.8 Å². The van der Waals surface area contributed by atoms with Crippen LogP contribution < -0.4 is 9.47 Å². The summed E-state index contributed by atoms with van der Waals surface area (Å²) in [5.74, 6) is 1.30. The highest BCUT2D eigenvalue weighted by Gasteiger charge is 2.32. The first kappa shape index (κ1) is 21.0. The number of ether oxygens (including phenoxy) is 2. The van der Waals surface area contributed by atoms with Crippen LogP contribution in [0, 0.1) is 13.8 Å². The predicted molar refractivity (Wildman–Crippen MR) is 120 cm³/mol. The van der Waals surface area contributed by atoms with Crippen LogP contribution in [0.1, 0.15) is 30.5 Å². The zero-order chi connectivity index (χ0) is 21.0. The number of aryl methyl sites for hydroxylation is 2. The minimum atomic E-state index is -0.0321. The van der Waals surface area contributed by atoms with Gasteiger partial charge in [-0.25, -0.2) is 4.99 Å². The molecule has 0 bridgehead atoms. The van der Waals surface area contributed by atoms with Crippen molar-refractivity contribution in [2.24, 2.45) is 4.99 Å². The number of likely N-dealkylation sites (N-methyl/N-ethyl adjacent to an activating group) is 1. The van der Waals surface area contributed by atoms with E-state index >= 15 is 0 Å². The zero-order valence-electron chi connectivity index (χ0n) is 17.5. The molecule has 0 radical (unpaired) electrons. The van der Waals surface area contributed by atoms with Crippen LogP contribution in [0.5, 0.6) is 11.5 Å². The number of rotatable bonds is 6. The Kier molecular flexibility index (Phi) is 6.64. The van der Waals surface area contributed by atoms with Gasteiger partial charge in [0.1, 0.15) is 0 Å². The fourth-order valence-electron chi connectivity index (χ4n) is 3.15. The van der Waals surface area contributed by atoms with Crippen LogP contribution in [0.15, 0.2) is 46.3 Å². The van der Waals surface area contributed by atoms with E-state index in [2.05, 4.69) is 0 Å². The third-order valence-corrected chi connectivity index (χ3v) is 5.64. The molecule has 2 aromatic rings. The molecule has 1 fully saturated rings. The van der Waals surface area contributed by atoms with Crippen LogP contribution in [-0.2, 0) is 4.79 Å². The van der Waals surface area contributed by atoms with E-state index in [1.807, 2.05) is 70.2 Å². The molecule has 0 aromatic heterocycles. The third-order valence-electron chi connectivity index (χ3n) is 4.64. The molecule has 0 atom stereocenters. The molecule has 29 heavy (non-hydrogen) atoms. The minimum absolute atomic E-state index is 0.0321. The number of nitrogens with zero attached hydrogens (tertiary/aromatic N) is 2. The van der Waals surface area contributed by atoms with Crippen molar-refractivity contribution in [3.05, 3.63) is 58.0 Å². The summed E-state index contributed by atoms with van der Waals surface area (Å²) in [6, 6.07) is 11.7. The van der Waals surface area contributed by atoms with Gasteiger partial charge in [0.15, 0.2) is 16.7 Å². The van der Waals surface area contributed by atoms with E-state index in [-0.39, 0.29) is 5.91 Å². The topological polar surface area (TPSA) is 51.1 Å². The maximum Gasteiger partial charge on any atom is 0.266 e. The summed E-state index contributed by atoms with van der Waals surface area (Å²) in [6.07, 6.45) is 1.88. The zero-order valence-corrected chi connectivity index (χ0v) is 18.3. The molecule has 0 aliphatic carbocycles.